The van der Waals surface area contributed by atoms with E-state index >= 15 is 0 Å². The number of hydrogen-bond donors (Lipinski definition) is 1. The Morgan fingerprint density at radius 2 is 1.91 bits per heavy atom. The molecule has 0 aliphatic rings. The van der Waals surface area contributed by atoms with Gasteiger partial charge in [-0.1, -0.05) is 25.1 Å². The molecule has 2 rings (SSSR count). The van der Waals surface area contributed by atoms with Crippen LogP contribution >= 0.6 is 0 Å². The van der Waals surface area contributed by atoms with Gasteiger partial charge < -0.3 is 14.7 Å². The molecule has 122 valence electrons. The summed E-state index contributed by atoms with van der Waals surface area (Å²) in [5, 5.41) is 8.92. The molecule has 0 amide bonds. The molecule has 0 spiro atoms. The summed E-state index contributed by atoms with van der Waals surface area (Å²) >= 11 is 0. The van der Waals surface area contributed by atoms with Gasteiger partial charge in [0.25, 0.3) is 0 Å². The van der Waals surface area contributed by atoms with E-state index in [-0.39, 0.29) is 5.82 Å². The topological polar surface area (TPSA) is 49.8 Å². The maximum absolute atomic E-state index is 13.1. The van der Waals surface area contributed by atoms with Crippen LogP contribution in [0.25, 0.3) is 0 Å². The highest BCUT2D eigenvalue weighted by Gasteiger charge is 2.13. The number of rotatable bonds is 7. The summed E-state index contributed by atoms with van der Waals surface area (Å²) in [4.78, 5) is 12.8. The number of benzene rings is 2. The molecule has 23 heavy (non-hydrogen) atoms. The van der Waals surface area contributed by atoms with Crippen molar-refractivity contribution in [3.8, 4) is 11.5 Å². The molecule has 0 fully saturated rings. The minimum atomic E-state index is -0.796. The van der Waals surface area contributed by atoms with E-state index in [4.69, 9.17) is 9.84 Å². The summed E-state index contributed by atoms with van der Waals surface area (Å²) in [5.74, 6) is -0.467. The zero-order valence-electron chi connectivity index (χ0n) is 13.2. The van der Waals surface area contributed by atoms with Gasteiger partial charge in [-0.25, -0.2) is 4.39 Å². The zero-order valence-corrected chi connectivity index (χ0v) is 13.2. The highest BCUT2D eigenvalue weighted by atomic mass is 19.1. The second kappa shape index (κ2) is 7.74. The number of carbonyl (C=O) groups is 1. The van der Waals surface area contributed by atoms with Crippen LogP contribution in [0.2, 0.25) is 0 Å². The van der Waals surface area contributed by atoms with Gasteiger partial charge in [-0.3, -0.25) is 4.79 Å². The molecule has 0 radical (unpaired) electrons. The Morgan fingerprint density at radius 3 is 2.52 bits per heavy atom. The number of ether oxygens (including phenoxy) is 1. The molecule has 0 aliphatic carbocycles. The SMILES string of the molecule is CC(CN(C)Cc1ccc(Oc2cccc(F)c2)cc1)C(=O)O. The van der Waals surface area contributed by atoms with Crippen molar-refractivity contribution in [1.82, 2.24) is 4.90 Å². The van der Waals surface area contributed by atoms with Crippen molar-refractivity contribution in [2.24, 2.45) is 5.92 Å². The summed E-state index contributed by atoms with van der Waals surface area (Å²) in [5.41, 5.74) is 1.05. The largest absolute Gasteiger partial charge is 0.481 e. The Balaban J connectivity index is 1.93. The van der Waals surface area contributed by atoms with Crippen LogP contribution in [0.5, 0.6) is 11.5 Å². The van der Waals surface area contributed by atoms with Gasteiger partial charge in [-0.2, -0.15) is 0 Å². The summed E-state index contributed by atoms with van der Waals surface area (Å²) in [6.07, 6.45) is 0. The fourth-order valence-electron chi connectivity index (χ4n) is 2.25. The zero-order chi connectivity index (χ0) is 16.8. The number of carboxylic acids is 1. The Bertz CT molecular complexity index is 658. The van der Waals surface area contributed by atoms with Gasteiger partial charge in [-0.05, 0) is 36.9 Å². The maximum atomic E-state index is 13.1. The average molecular weight is 317 g/mol. The van der Waals surface area contributed by atoms with E-state index < -0.39 is 11.9 Å². The third-order valence-electron chi connectivity index (χ3n) is 3.41. The number of carboxylic acid groups (broad SMARTS) is 1. The van der Waals surface area contributed by atoms with Gasteiger partial charge in [0.1, 0.15) is 17.3 Å². The van der Waals surface area contributed by atoms with Crippen molar-refractivity contribution in [3.05, 3.63) is 59.9 Å². The molecule has 1 atom stereocenters. The first kappa shape index (κ1) is 17.0. The molecule has 0 aliphatic heterocycles. The fourth-order valence-corrected chi connectivity index (χ4v) is 2.25. The molecule has 2 aromatic carbocycles. The lowest BCUT2D eigenvalue weighted by atomic mass is 10.1. The highest BCUT2D eigenvalue weighted by Crippen LogP contribution is 2.22. The summed E-state index contributed by atoms with van der Waals surface area (Å²) < 4.78 is 18.7. The number of hydrogen-bond acceptors (Lipinski definition) is 3. The van der Waals surface area contributed by atoms with E-state index in [1.54, 1.807) is 19.1 Å². The van der Waals surface area contributed by atoms with E-state index in [1.807, 2.05) is 36.2 Å². The average Bonchev–Trinajstić information content (AvgIpc) is 2.49. The quantitative estimate of drug-likeness (QED) is 0.844. The Morgan fingerprint density at radius 1 is 1.22 bits per heavy atom. The Kier molecular flexibility index (Phi) is 5.71. The normalized spacial score (nSPS) is 12.2. The van der Waals surface area contributed by atoms with E-state index in [1.165, 1.54) is 12.1 Å². The summed E-state index contributed by atoms with van der Waals surface area (Å²) in [6, 6.07) is 13.4. The van der Waals surface area contributed by atoms with Crippen LogP contribution in [0.1, 0.15) is 12.5 Å². The molecule has 4 nitrogen and oxygen atoms in total. The van der Waals surface area contributed by atoms with Crippen molar-refractivity contribution in [2.45, 2.75) is 13.5 Å². The molecule has 2 aromatic rings. The monoisotopic (exact) mass is 317 g/mol. The second-order valence-corrected chi connectivity index (χ2v) is 5.64. The van der Waals surface area contributed by atoms with Crippen molar-refractivity contribution >= 4 is 5.97 Å². The first-order valence-corrected chi connectivity index (χ1v) is 7.38. The van der Waals surface area contributed by atoms with E-state index in [0.29, 0.717) is 24.6 Å². The molecule has 0 bridgehead atoms. The lowest BCUT2D eigenvalue weighted by Crippen LogP contribution is -2.28. The van der Waals surface area contributed by atoms with Crippen LogP contribution in [0, 0.1) is 11.7 Å². The Hall–Kier alpha value is -2.40. The lowest BCUT2D eigenvalue weighted by molar-refractivity contribution is -0.141. The van der Waals surface area contributed by atoms with E-state index in [9.17, 15) is 9.18 Å². The van der Waals surface area contributed by atoms with Crippen molar-refractivity contribution in [2.75, 3.05) is 13.6 Å². The van der Waals surface area contributed by atoms with Gasteiger partial charge in [0.15, 0.2) is 0 Å². The highest BCUT2D eigenvalue weighted by molar-refractivity contribution is 5.69. The standard InChI is InChI=1S/C18H20FNO3/c1-13(18(21)22)11-20(2)12-14-6-8-16(9-7-14)23-17-5-3-4-15(19)10-17/h3-10,13H,11-12H2,1-2H3,(H,21,22). The molecule has 1 N–H and O–H groups in total. The third kappa shape index (κ3) is 5.38. The van der Waals surface area contributed by atoms with Gasteiger partial charge >= 0.3 is 5.97 Å². The van der Waals surface area contributed by atoms with Crippen molar-refractivity contribution in [3.63, 3.8) is 0 Å². The van der Waals surface area contributed by atoms with Gasteiger partial charge in [0.2, 0.25) is 0 Å². The van der Waals surface area contributed by atoms with Gasteiger partial charge in [0.05, 0.1) is 5.92 Å². The third-order valence-corrected chi connectivity index (χ3v) is 3.41. The van der Waals surface area contributed by atoms with Crippen LogP contribution < -0.4 is 4.74 Å². The van der Waals surface area contributed by atoms with Gasteiger partial charge in [0, 0.05) is 19.2 Å². The predicted molar refractivity (Wildman–Crippen MR) is 86.0 cm³/mol. The van der Waals surface area contributed by atoms with Crippen LogP contribution in [-0.4, -0.2) is 29.6 Å². The van der Waals surface area contributed by atoms with Crippen LogP contribution in [0.15, 0.2) is 48.5 Å². The van der Waals surface area contributed by atoms with E-state index in [2.05, 4.69) is 0 Å². The van der Waals surface area contributed by atoms with Crippen LogP contribution in [0.3, 0.4) is 0 Å². The fraction of sp³-hybridized carbons (Fsp3) is 0.278. The first-order valence-electron chi connectivity index (χ1n) is 7.38. The molecule has 0 saturated heterocycles. The van der Waals surface area contributed by atoms with Crippen LogP contribution in [-0.2, 0) is 11.3 Å². The minimum Gasteiger partial charge on any atom is -0.481 e. The molecule has 0 heterocycles. The van der Waals surface area contributed by atoms with Crippen LogP contribution in [0.4, 0.5) is 4.39 Å². The number of aliphatic carboxylic acids is 1. The molecule has 5 heteroatoms. The van der Waals surface area contributed by atoms with Crippen molar-refractivity contribution in [1.29, 1.82) is 0 Å². The second-order valence-electron chi connectivity index (χ2n) is 5.64. The lowest BCUT2D eigenvalue weighted by Gasteiger charge is -2.19. The first-order chi connectivity index (χ1) is 10.9. The number of halogens is 1. The molecular weight excluding hydrogens is 297 g/mol. The van der Waals surface area contributed by atoms with Gasteiger partial charge in [-0.15, -0.1) is 0 Å². The molecule has 0 aromatic heterocycles. The molecular formula is C18H20FNO3. The predicted octanol–water partition coefficient (Wildman–Crippen LogP) is 3.77. The smallest absolute Gasteiger partial charge is 0.307 e. The summed E-state index contributed by atoms with van der Waals surface area (Å²) in [7, 11) is 1.89. The maximum Gasteiger partial charge on any atom is 0.307 e. The Labute approximate surface area is 135 Å². The number of nitrogens with zero attached hydrogens (tertiary/aromatic N) is 1. The van der Waals surface area contributed by atoms with Crippen molar-refractivity contribution < 1.29 is 19.0 Å². The summed E-state index contributed by atoms with van der Waals surface area (Å²) in [6.45, 7) is 2.82. The van der Waals surface area contributed by atoms with E-state index in [0.717, 1.165) is 5.56 Å². The minimum absolute atomic E-state index is 0.340. The molecule has 1 unspecified atom stereocenters. The molecule has 0 saturated carbocycles.